The van der Waals surface area contributed by atoms with E-state index in [2.05, 4.69) is 27.3 Å². The summed E-state index contributed by atoms with van der Waals surface area (Å²) in [6, 6.07) is 8.20. The molecule has 6 nitrogen and oxygen atoms in total. The minimum atomic E-state index is 0.658. The summed E-state index contributed by atoms with van der Waals surface area (Å²) in [6.45, 7) is 6.05. The predicted octanol–water partition coefficient (Wildman–Crippen LogP) is 2.05. The normalized spacial score (nSPS) is 14.6. The zero-order chi connectivity index (χ0) is 16.2. The molecular weight excluding hydrogens is 290 g/mol. The molecule has 0 aromatic carbocycles. The molecule has 6 heteroatoms. The number of pyridine rings is 1. The van der Waals surface area contributed by atoms with Gasteiger partial charge in [0.2, 0.25) is 0 Å². The van der Waals surface area contributed by atoms with Crippen LogP contribution < -0.4 is 10.2 Å². The third kappa shape index (κ3) is 3.30. The Bertz CT molecular complexity index is 708. The van der Waals surface area contributed by atoms with Crippen molar-refractivity contribution in [2.45, 2.75) is 13.5 Å². The van der Waals surface area contributed by atoms with Crippen LogP contribution in [0, 0.1) is 18.3 Å². The minimum absolute atomic E-state index is 0.658. The van der Waals surface area contributed by atoms with E-state index in [1.54, 1.807) is 0 Å². The fourth-order valence-electron chi connectivity index (χ4n) is 2.73. The second kappa shape index (κ2) is 6.71. The summed E-state index contributed by atoms with van der Waals surface area (Å²) >= 11 is 0. The van der Waals surface area contributed by atoms with Crippen molar-refractivity contribution in [2.75, 3.05) is 36.5 Å². The summed E-state index contributed by atoms with van der Waals surface area (Å²) in [5.41, 5.74) is 4.01. The molecule has 23 heavy (non-hydrogen) atoms. The van der Waals surface area contributed by atoms with Crippen molar-refractivity contribution in [1.29, 1.82) is 5.26 Å². The molecule has 0 bridgehead atoms. The Labute approximate surface area is 136 Å². The standard InChI is InChI=1S/C17H21N5O/c1-13-14(9-16(10-18)21(13)2)11-19-17-4-3-15(12-20-17)22-5-7-23-8-6-22/h3-4,9,12H,5-8,11H2,1-2H3,(H,19,20). The van der Waals surface area contributed by atoms with Crippen LogP contribution in [0.15, 0.2) is 24.4 Å². The van der Waals surface area contributed by atoms with Gasteiger partial charge in [0.15, 0.2) is 0 Å². The Kier molecular flexibility index (Phi) is 4.49. The number of aromatic nitrogens is 2. The van der Waals surface area contributed by atoms with Crippen LogP contribution >= 0.6 is 0 Å². The molecule has 3 heterocycles. The zero-order valence-electron chi connectivity index (χ0n) is 13.5. The van der Waals surface area contributed by atoms with E-state index in [1.807, 2.05) is 36.9 Å². The van der Waals surface area contributed by atoms with E-state index in [4.69, 9.17) is 10.00 Å². The van der Waals surface area contributed by atoms with Gasteiger partial charge in [-0.05, 0) is 30.7 Å². The van der Waals surface area contributed by atoms with E-state index in [0.29, 0.717) is 12.2 Å². The highest BCUT2D eigenvalue weighted by atomic mass is 16.5. The number of hydrogen-bond acceptors (Lipinski definition) is 5. The van der Waals surface area contributed by atoms with Crippen LogP contribution in [0.25, 0.3) is 0 Å². The third-order valence-electron chi connectivity index (χ3n) is 4.34. The first kappa shape index (κ1) is 15.4. The van der Waals surface area contributed by atoms with Gasteiger partial charge in [-0.2, -0.15) is 5.26 Å². The molecule has 0 saturated carbocycles. The number of nitrogens with one attached hydrogen (secondary N) is 1. The van der Waals surface area contributed by atoms with Crippen LogP contribution in [-0.4, -0.2) is 35.9 Å². The fourth-order valence-corrected chi connectivity index (χ4v) is 2.73. The molecule has 0 spiro atoms. The topological polar surface area (TPSA) is 66.1 Å². The van der Waals surface area contributed by atoms with E-state index in [-0.39, 0.29) is 0 Å². The van der Waals surface area contributed by atoms with Gasteiger partial charge >= 0.3 is 0 Å². The smallest absolute Gasteiger partial charge is 0.126 e. The van der Waals surface area contributed by atoms with Crippen molar-refractivity contribution >= 4 is 11.5 Å². The summed E-state index contributed by atoms with van der Waals surface area (Å²) in [5.74, 6) is 0.837. The number of rotatable bonds is 4. The quantitative estimate of drug-likeness (QED) is 0.936. The van der Waals surface area contributed by atoms with Gasteiger partial charge in [-0.1, -0.05) is 0 Å². The molecule has 120 valence electrons. The first-order chi connectivity index (χ1) is 11.2. The molecule has 1 aliphatic rings. The Morgan fingerprint density at radius 2 is 2.13 bits per heavy atom. The summed E-state index contributed by atoms with van der Waals surface area (Å²) in [7, 11) is 1.91. The highest BCUT2D eigenvalue weighted by Crippen LogP contribution is 2.18. The highest BCUT2D eigenvalue weighted by molar-refractivity contribution is 5.50. The molecule has 3 rings (SSSR count). The predicted molar refractivity (Wildman–Crippen MR) is 89.5 cm³/mol. The number of nitriles is 1. The highest BCUT2D eigenvalue weighted by Gasteiger charge is 2.12. The van der Waals surface area contributed by atoms with Gasteiger partial charge in [-0.15, -0.1) is 0 Å². The molecule has 1 fully saturated rings. The summed E-state index contributed by atoms with van der Waals surface area (Å²) in [4.78, 5) is 6.76. The number of nitrogens with zero attached hydrogens (tertiary/aromatic N) is 4. The van der Waals surface area contributed by atoms with Crippen LogP contribution in [0.2, 0.25) is 0 Å². The molecule has 1 aliphatic heterocycles. The number of hydrogen-bond donors (Lipinski definition) is 1. The van der Waals surface area contributed by atoms with Gasteiger partial charge in [0.25, 0.3) is 0 Å². The van der Waals surface area contributed by atoms with Crippen LogP contribution in [0.4, 0.5) is 11.5 Å². The SMILES string of the molecule is Cc1c(CNc2ccc(N3CCOCC3)cn2)cc(C#N)n1C. The first-order valence-corrected chi connectivity index (χ1v) is 7.77. The van der Waals surface area contributed by atoms with Crippen molar-refractivity contribution < 1.29 is 4.74 Å². The van der Waals surface area contributed by atoms with Crippen LogP contribution in [-0.2, 0) is 18.3 Å². The zero-order valence-corrected chi connectivity index (χ0v) is 13.5. The van der Waals surface area contributed by atoms with Crippen LogP contribution in [0.3, 0.4) is 0 Å². The number of ether oxygens (including phenoxy) is 1. The Morgan fingerprint density at radius 1 is 1.35 bits per heavy atom. The van der Waals surface area contributed by atoms with Gasteiger partial charge in [0.1, 0.15) is 17.6 Å². The van der Waals surface area contributed by atoms with Gasteiger partial charge < -0.3 is 19.5 Å². The molecule has 1 saturated heterocycles. The van der Waals surface area contributed by atoms with Crippen molar-refractivity contribution in [3.05, 3.63) is 41.3 Å². The van der Waals surface area contributed by atoms with Crippen LogP contribution in [0.1, 0.15) is 17.0 Å². The summed E-state index contributed by atoms with van der Waals surface area (Å²) < 4.78 is 7.27. The molecule has 2 aromatic rings. The maximum Gasteiger partial charge on any atom is 0.126 e. The van der Waals surface area contributed by atoms with E-state index < -0.39 is 0 Å². The van der Waals surface area contributed by atoms with Crippen molar-refractivity contribution in [1.82, 2.24) is 9.55 Å². The second-order valence-electron chi connectivity index (χ2n) is 5.67. The summed E-state index contributed by atoms with van der Waals surface area (Å²) in [6.07, 6.45) is 1.90. The van der Waals surface area contributed by atoms with Gasteiger partial charge in [0.05, 0.1) is 25.1 Å². The lowest BCUT2D eigenvalue weighted by molar-refractivity contribution is 0.122. The second-order valence-corrected chi connectivity index (χ2v) is 5.67. The number of morpholine rings is 1. The van der Waals surface area contributed by atoms with E-state index >= 15 is 0 Å². The van der Waals surface area contributed by atoms with E-state index in [9.17, 15) is 0 Å². The van der Waals surface area contributed by atoms with Crippen molar-refractivity contribution in [3.63, 3.8) is 0 Å². The van der Waals surface area contributed by atoms with E-state index in [0.717, 1.165) is 49.1 Å². The Morgan fingerprint density at radius 3 is 2.74 bits per heavy atom. The summed E-state index contributed by atoms with van der Waals surface area (Å²) in [5, 5.41) is 12.4. The molecule has 0 atom stereocenters. The minimum Gasteiger partial charge on any atom is -0.378 e. The molecule has 1 N–H and O–H groups in total. The Balaban J connectivity index is 1.64. The fraction of sp³-hybridized carbons (Fsp3) is 0.412. The van der Waals surface area contributed by atoms with E-state index in [1.165, 1.54) is 0 Å². The molecular formula is C17H21N5O. The lowest BCUT2D eigenvalue weighted by Gasteiger charge is -2.28. The maximum absolute atomic E-state index is 9.08. The average molecular weight is 311 g/mol. The van der Waals surface area contributed by atoms with Gasteiger partial charge in [0, 0.05) is 32.4 Å². The largest absolute Gasteiger partial charge is 0.378 e. The maximum atomic E-state index is 9.08. The Hall–Kier alpha value is -2.52. The molecule has 0 aliphatic carbocycles. The molecule has 2 aromatic heterocycles. The average Bonchev–Trinajstić information content (AvgIpc) is 2.89. The lowest BCUT2D eigenvalue weighted by Crippen LogP contribution is -2.36. The molecule has 0 unspecified atom stereocenters. The van der Waals surface area contributed by atoms with Crippen molar-refractivity contribution in [2.24, 2.45) is 7.05 Å². The van der Waals surface area contributed by atoms with Crippen molar-refractivity contribution in [3.8, 4) is 6.07 Å². The first-order valence-electron chi connectivity index (χ1n) is 7.77. The lowest BCUT2D eigenvalue weighted by atomic mass is 10.2. The number of anilines is 2. The van der Waals surface area contributed by atoms with Crippen LogP contribution in [0.5, 0.6) is 0 Å². The monoisotopic (exact) mass is 311 g/mol. The molecule has 0 amide bonds. The third-order valence-corrected chi connectivity index (χ3v) is 4.34. The molecule has 0 radical (unpaired) electrons. The van der Waals surface area contributed by atoms with Gasteiger partial charge in [-0.25, -0.2) is 4.98 Å². The van der Waals surface area contributed by atoms with Gasteiger partial charge in [-0.3, -0.25) is 0 Å².